The van der Waals surface area contributed by atoms with Gasteiger partial charge in [0, 0.05) is 77.4 Å². The number of nitrogens with one attached hydrogen (secondary N) is 8. The minimum Gasteiger partial charge on any atom is -0.504 e. The Labute approximate surface area is 452 Å². The zero-order valence-electron chi connectivity index (χ0n) is 42.3. The predicted octanol–water partition coefficient (Wildman–Crippen LogP) is 6.58. The average molecular weight is 1070 g/mol. The number of rotatable bonds is 22. The van der Waals surface area contributed by atoms with Crippen molar-refractivity contribution in [3.8, 4) is 11.5 Å². The number of para-hydroxylation sites is 1. The molecular formula is C55H55N13O9S. The van der Waals surface area contributed by atoms with Crippen molar-refractivity contribution in [3.63, 3.8) is 0 Å². The molecule has 5 aromatic carbocycles. The number of hydrogen-bond donors (Lipinski definition) is 9. The summed E-state index contributed by atoms with van der Waals surface area (Å²) in [6.07, 6.45) is 3.69. The molecule has 0 radical (unpaired) electrons. The van der Waals surface area contributed by atoms with Crippen LogP contribution in [0.3, 0.4) is 0 Å². The summed E-state index contributed by atoms with van der Waals surface area (Å²) in [6.45, 7) is 5.95. The number of phenolic OH excluding ortho intramolecular Hbond substituents is 1. The van der Waals surface area contributed by atoms with Crippen molar-refractivity contribution in [1.29, 1.82) is 0 Å². The Morgan fingerprint density at radius 2 is 1.38 bits per heavy atom. The standard InChI is InChI=1S/C55H55N13O9S/c1-2-76-53(72)47-48(70)46(78-52(47)61-38-6-4-3-5-7-38)29-34-8-17-45(44(69)28-34)77-27-26-75-25-24-68-33-41(66-67-68)18-19-60-51(71)37-30-42(64-54(73)62-39-13-9-35(10-14-39)49-56-20-21-57-49)32-43(31-37)65-55(74)63-40-15-11-36(12-16-40)50-58-22-23-59-50/h3-17,28-33,61,69H,2,18-27H2,1H3,(H,56,57)(H,58,59)(H,60,71)(H2,62,64,73)(H2,63,65,74)/b46-29-. The molecule has 0 bridgehead atoms. The molecule has 0 saturated heterocycles. The second-order valence-electron chi connectivity index (χ2n) is 17.4. The fourth-order valence-corrected chi connectivity index (χ4v) is 9.15. The summed E-state index contributed by atoms with van der Waals surface area (Å²) in [4.78, 5) is 75.3. The van der Waals surface area contributed by atoms with Gasteiger partial charge in [-0.3, -0.25) is 19.6 Å². The number of allylic oxidation sites excluding steroid dienone is 1. The van der Waals surface area contributed by atoms with Crippen molar-refractivity contribution in [2.24, 2.45) is 9.98 Å². The van der Waals surface area contributed by atoms with Crippen LogP contribution in [0, 0.1) is 0 Å². The zero-order chi connectivity index (χ0) is 54.2. The zero-order valence-corrected chi connectivity index (χ0v) is 43.1. The topological polar surface area (TPSA) is 285 Å². The summed E-state index contributed by atoms with van der Waals surface area (Å²) in [6, 6.07) is 31.8. The van der Waals surface area contributed by atoms with Gasteiger partial charge in [0.2, 0.25) is 5.78 Å². The third-order valence-corrected chi connectivity index (χ3v) is 12.8. The number of aromatic nitrogens is 3. The van der Waals surface area contributed by atoms with E-state index in [4.69, 9.17) is 14.2 Å². The number of esters is 1. The molecule has 22 nitrogen and oxygen atoms in total. The van der Waals surface area contributed by atoms with Crippen LogP contribution in [-0.2, 0) is 32.0 Å². The van der Waals surface area contributed by atoms with Crippen LogP contribution >= 0.6 is 11.8 Å². The Bertz CT molecular complexity index is 3210. The van der Waals surface area contributed by atoms with Crippen LogP contribution in [0.5, 0.6) is 11.5 Å². The maximum absolute atomic E-state index is 13.6. The smallest absolute Gasteiger partial charge is 0.344 e. The number of thioether (sulfide) groups is 1. The molecule has 9 rings (SSSR count). The summed E-state index contributed by atoms with van der Waals surface area (Å²) in [7, 11) is 0. The Morgan fingerprint density at radius 3 is 1.99 bits per heavy atom. The van der Waals surface area contributed by atoms with E-state index in [-0.39, 0.29) is 71.9 Å². The molecule has 1 aromatic heterocycles. The maximum atomic E-state index is 13.6. The third kappa shape index (κ3) is 14.5. The first-order valence-electron chi connectivity index (χ1n) is 25.0. The van der Waals surface area contributed by atoms with Gasteiger partial charge in [0.05, 0.1) is 55.1 Å². The van der Waals surface area contributed by atoms with Crippen molar-refractivity contribution in [2.75, 3.05) is 85.7 Å². The van der Waals surface area contributed by atoms with Gasteiger partial charge in [-0.05, 0) is 110 Å². The van der Waals surface area contributed by atoms with Crippen LogP contribution in [0.25, 0.3) is 6.08 Å². The monoisotopic (exact) mass is 1070 g/mol. The van der Waals surface area contributed by atoms with E-state index in [1.807, 2.05) is 54.6 Å². The van der Waals surface area contributed by atoms with E-state index in [0.29, 0.717) is 59.4 Å². The number of carbonyl (C=O) groups is 5. The summed E-state index contributed by atoms with van der Waals surface area (Å²) >= 11 is 1.11. The Hall–Kier alpha value is -9.48. The summed E-state index contributed by atoms with van der Waals surface area (Å²) in [5.41, 5.74) is 5.31. The number of Topliss-reactive ketones (excluding diaryl/α,β-unsaturated/α-hetero) is 1. The number of phenols is 1. The molecule has 3 aliphatic rings. The van der Waals surface area contributed by atoms with E-state index in [1.54, 1.807) is 66.3 Å². The van der Waals surface area contributed by atoms with E-state index in [9.17, 15) is 29.1 Å². The number of ketones is 1. The number of nitrogens with zero attached hydrogens (tertiary/aromatic N) is 5. The molecular weight excluding hydrogens is 1020 g/mol. The van der Waals surface area contributed by atoms with Crippen LogP contribution < -0.4 is 47.3 Å². The van der Waals surface area contributed by atoms with Crippen molar-refractivity contribution >= 4 is 87.7 Å². The van der Waals surface area contributed by atoms with Gasteiger partial charge >= 0.3 is 18.0 Å². The predicted molar refractivity (Wildman–Crippen MR) is 298 cm³/mol. The van der Waals surface area contributed by atoms with Crippen LogP contribution in [0.15, 0.2) is 147 Å². The number of urea groups is 2. The number of amidine groups is 2. The quantitative estimate of drug-likeness (QED) is 0.0150. The highest BCUT2D eigenvalue weighted by atomic mass is 32.2. The first kappa shape index (κ1) is 53.3. The molecule has 0 atom stereocenters. The lowest BCUT2D eigenvalue weighted by Crippen LogP contribution is -2.27. The minimum absolute atomic E-state index is 0.0852. The van der Waals surface area contributed by atoms with Crippen molar-refractivity contribution in [2.45, 2.75) is 19.9 Å². The molecule has 3 aliphatic heterocycles. The first-order valence-corrected chi connectivity index (χ1v) is 25.8. The number of anilines is 5. The lowest BCUT2D eigenvalue weighted by molar-refractivity contribution is -0.139. The van der Waals surface area contributed by atoms with E-state index in [2.05, 4.69) is 62.8 Å². The molecule has 0 saturated carbocycles. The molecule has 0 spiro atoms. The van der Waals surface area contributed by atoms with Gasteiger partial charge in [-0.15, -0.1) is 5.10 Å². The van der Waals surface area contributed by atoms with Gasteiger partial charge in [-0.2, -0.15) is 0 Å². The molecule has 0 fully saturated rings. The maximum Gasteiger partial charge on any atom is 0.344 e. The summed E-state index contributed by atoms with van der Waals surface area (Å²) in [5.74, 6) is 0.0165. The van der Waals surface area contributed by atoms with E-state index in [1.165, 1.54) is 18.2 Å². The number of benzene rings is 5. The molecule has 0 unspecified atom stereocenters. The third-order valence-electron chi connectivity index (χ3n) is 11.8. The van der Waals surface area contributed by atoms with Gasteiger partial charge in [-0.25, -0.2) is 19.1 Å². The van der Waals surface area contributed by atoms with Gasteiger partial charge in [0.15, 0.2) is 11.5 Å². The second-order valence-corrected chi connectivity index (χ2v) is 18.5. The highest BCUT2D eigenvalue weighted by Crippen LogP contribution is 2.41. The molecule has 78 heavy (non-hydrogen) atoms. The molecule has 4 heterocycles. The van der Waals surface area contributed by atoms with Crippen molar-refractivity contribution < 1.29 is 43.3 Å². The van der Waals surface area contributed by atoms with Crippen molar-refractivity contribution in [3.05, 3.63) is 165 Å². The number of carbonyl (C=O) groups excluding carboxylic acids is 5. The molecule has 5 amide bonds. The summed E-state index contributed by atoms with van der Waals surface area (Å²) < 4.78 is 18.3. The molecule has 400 valence electrons. The van der Waals surface area contributed by atoms with Crippen LogP contribution in [0.1, 0.15) is 39.7 Å². The first-order chi connectivity index (χ1) is 38.0. The fourth-order valence-electron chi connectivity index (χ4n) is 8.09. The lowest BCUT2D eigenvalue weighted by atomic mass is 10.1. The second kappa shape index (κ2) is 25.8. The number of aromatic hydroxyl groups is 1. The van der Waals surface area contributed by atoms with E-state index in [0.717, 1.165) is 47.6 Å². The molecule has 6 aromatic rings. The molecule has 23 heteroatoms. The number of aliphatic imine (C=N–C) groups is 2. The van der Waals surface area contributed by atoms with E-state index >= 15 is 0 Å². The number of amides is 5. The molecule has 0 aliphatic carbocycles. The minimum atomic E-state index is -0.719. The highest BCUT2D eigenvalue weighted by Gasteiger charge is 2.35. The van der Waals surface area contributed by atoms with Gasteiger partial charge in [0.25, 0.3) is 5.91 Å². The normalized spacial score (nSPS) is 14.2. The van der Waals surface area contributed by atoms with Crippen LogP contribution in [-0.4, -0.2) is 121 Å². The fraction of sp³-hybridized carbons (Fsp3) is 0.218. The Kier molecular flexibility index (Phi) is 17.7. The lowest BCUT2D eigenvalue weighted by Gasteiger charge is -2.14. The SMILES string of the molecule is CCOC(=O)C1=C(Nc2ccccc2)S/C(=C\c2ccc(OCCOCCn3cc(CCNC(=O)c4cc(NC(=O)Nc5ccc(C6=NCCN6)cc5)cc(NC(=O)Nc5ccc(C6=NCCN6)cc5)c4)nn3)c(O)c2)C1=O. The van der Waals surface area contributed by atoms with Crippen LogP contribution in [0.4, 0.5) is 38.0 Å². The van der Waals surface area contributed by atoms with Gasteiger partial charge < -0.3 is 61.9 Å². The summed E-state index contributed by atoms with van der Waals surface area (Å²) in [5, 5.41) is 43.1. The van der Waals surface area contributed by atoms with Gasteiger partial charge in [-0.1, -0.05) is 41.2 Å². The van der Waals surface area contributed by atoms with E-state index < -0.39 is 29.7 Å². The highest BCUT2D eigenvalue weighted by molar-refractivity contribution is 8.08. The number of hydrogen-bond acceptors (Lipinski definition) is 17. The largest absolute Gasteiger partial charge is 0.504 e. The average Bonchev–Trinajstić information content (AvgIpc) is 4.32. The molecule has 9 N–H and O–H groups in total. The number of ether oxygens (including phenoxy) is 3. The van der Waals surface area contributed by atoms with Crippen molar-refractivity contribution in [1.82, 2.24) is 30.9 Å². The van der Waals surface area contributed by atoms with Crippen LogP contribution in [0.2, 0.25) is 0 Å². The Morgan fingerprint density at radius 1 is 0.744 bits per heavy atom. The Balaban J connectivity index is 0.732. The van der Waals surface area contributed by atoms with Gasteiger partial charge in [0.1, 0.15) is 23.9 Å².